The number of nitrogens with one attached hydrogen (secondary N) is 1. The number of aryl methyl sites for hydroxylation is 1. The molecule has 144 valence electrons. The third-order valence-electron chi connectivity index (χ3n) is 4.54. The lowest BCUT2D eigenvalue weighted by atomic mass is 10.0. The van der Waals surface area contributed by atoms with Gasteiger partial charge >= 0.3 is 0 Å². The molecule has 1 fully saturated rings. The lowest BCUT2D eigenvalue weighted by Crippen LogP contribution is -2.44. The van der Waals surface area contributed by atoms with E-state index in [1.807, 2.05) is 0 Å². The van der Waals surface area contributed by atoms with Crippen molar-refractivity contribution in [2.45, 2.75) is 13.0 Å². The second-order valence-electron chi connectivity index (χ2n) is 6.69. The van der Waals surface area contributed by atoms with Gasteiger partial charge in [0.2, 0.25) is 0 Å². The second-order valence-corrected chi connectivity index (χ2v) is 7.12. The molecular formula is C21H25ClN2O3. The highest BCUT2D eigenvalue weighted by Gasteiger charge is 2.20. The van der Waals surface area contributed by atoms with Crippen LogP contribution in [0.5, 0.6) is 5.75 Å². The topological polar surface area (TPSA) is 50.8 Å². The van der Waals surface area contributed by atoms with Gasteiger partial charge in [0.25, 0.3) is 5.91 Å². The highest BCUT2D eigenvalue weighted by atomic mass is 35.5. The van der Waals surface area contributed by atoms with Crippen molar-refractivity contribution in [2.75, 3.05) is 39.5 Å². The Morgan fingerprint density at radius 3 is 2.48 bits per heavy atom. The van der Waals surface area contributed by atoms with Crippen LogP contribution in [0.1, 0.15) is 17.2 Å². The van der Waals surface area contributed by atoms with Gasteiger partial charge in [-0.05, 0) is 36.8 Å². The minimum atomic E-state index is -0.149. The zero-order valence-corrected chi connectivity index (χ0v) is 16.2. The molecule has 1 aliphatic heterocycles. The van der Waals surface area contributed by atoms with Crippen molar-refractivity contribution in [1.82, 2.24) is 10.2 Å². The maximum absolute atomic E-state index is 12.5. The molecule has 0 aliphatic carbocycles. The van der Waals surface area contributed by atoms with E-state index in [-0.39, 0.29) is 18.6 Å². The average Bonchev–Trinajstić information content (AvgIpc) is 2.68. The Balaban J connectivity index is 1.61. The number of morpholine rings is 1. The first-order valence-electron chi connectivity index (χ1n) is 9.14. The zero-order valence-electron chi connectivity index (χ0n) is 15.5. The van der Waals surface area contributed by atoms with Crippen molar-refractivity contribution in [3.63, 3.8) is 0 Å². The molecular weight excluding hydrogens is 364 g/mol. The maximum Gasteiger partial charge on any atom is 0.258 e. The first-order valence-corrected chi connectivity index (χ1v) is 9.52. The van der Waals surface area contributed by atoms with Crippen LogP contribution in [-0.2, 0) is 9.53 Å². The van der Waals surface area contributed by atoms with Crippen molar-refractivity contribution in [3.05, 3.63) is 64.7 Å². The van der Waals surface area contributed by atoms with Gasteiger partial charge < -0.3 is 14.8 Å². The zero-order chi connectivity index (χ0) is 19.1. The van der Waals surface area contributed by atoms with Crippen molar-refractivity contribution < 1.29 is 14.3 Å². The number of amides is 1. The lowest BCUT2D eigenvalue weighted by Gasteiger charge is -2.31. The molecule has 5 nitrogen and oxygen atoms in total. The standard InChI is InChI=1S/C21H25ClN2O3/c1-16-2-4-17(5-3-16)20(14-24-10-12-26-13-11-24)23-21(25)15-27-19-8-6-18(22)7-9-19/h2-9,20H,10-15H2,1H3,(H,23,25)/t20-/m1/s1. The second kappa shape index (κ2) is 9.74. The Labute approximate surface area is 165 Å². The fourth-order valence-corrected chi connectivity index (χ4v) is 3.12. The van der Waals surface area contributed by atoms with Crippen LogP contribution in [0, 0.1) is 6.92 Å². The van der Waals surface area contributed by atoms with Crippen LogP contribution in [0.25, 0.3) is 0 Å². The molecule has 1 amide bonds. The smallest absolute Gasteiger partial charge is 0.258 e. The molecule has 0 bridgehead atoms. The molecule has 27 heavy (non-hydrogen) atoms. The van der Waals surface area contributed by atoms with Gasteiger partial charge in [-0.2, -0.15) is 0 Å². The summed E-state index contributed by atoms with van der Waals surface area (Å²) < 4.78 is 11.0. The highest BCUT2D eigenvalue weighted by Crippen LogP contribution is 2.18. The number of rotatable bonds is 7. The van der Waals surface area contributed by atoms with Crippen LogP contribution < -0.4 is 10.1 Å². The summed E-state index contributed by atoms with van der Waals surface area (Å²) in [5, 5.41) is 3.75. The number of carbonyl (C=O) groups excluding carboxylic acids is 1. The predicted octanol–water partition coefficient (Wildman–Crippen LogP) is 3.22. The quantitative estimate of drug-likeness (QED) is 0.791. The van der Waals surface area contributed by atoms with Gasteiger partial charge in [0.1, 0.15) is 5.75 Å². The summed E-state index contributed by atoms with van der Waals surface area (Å²) in [6, 6.07) is 15.2. The van der Waals surface area contributed by atoms with E-state index in [1.54, 1.807) is 24.3 Å². The van der Waals surface area contributed by atoms with Gasteiger partial charge in [-0.25, -0.2) is 0 Å². The molecule has 3 rings (SSSR count). The maximum atomic E-state index is 12.5. The third kappa shape index (κ3) is 6.24. The molecule has 0 unspecified atom stereocenters. The molecule has 1 heterocycles. The fraction of sp³-hybridized carbons (Fsp3) is 0.381. The molecule has 0 aromatic heterocycles. The fourth-order valence-electron chi connectivity index (χ4n) is 2.99. The Hall–Kier alpha value is -2.08. The van der Waals surface area contributed by atoms with Gasteiger partial charge in [0.05, 0.1) is 19.3 Å². The number of benzene rings is 2. The summed E-state index contributed by atoms with van der Waals surface area (Å²) in [6.45, 7) is 5.98. The number of halogens is 1. The highest BCUT2D eigenvalue weighted by molar-refractivity contribution is 6.30. The van der Waals surface area contributed by atoms with Crippen molar-refractivity contribution >= 4 is 17.5 Å². The van der Waals surface area contributed by atoms with Gasteiger partial charge in [0.15, 0.2) is 6.61 Å². The Bertz CT molecular complexity index is 728. The molecule has 2 aromatic carbocycles. The van der Waals surface area contributed by atoms with Crippen LogP contribution in [0.4, 0.5) is 0 Å². The van der Waals surface area contributed by atoms with E-state index in [1.165, 1.54) is 5.56 Å². The van der Waals surface area contributed by atoms with Gasteiger partial charge in [0, 0.05) is 24.7 Å². The molecule has 0 radical (unpaired) electrons. The minimum absolute atomic E-state index is 0.0346. The molecule has 6 heteroatoms. The summed E-state index contributed by atoms with van der Waals surface area (Å²) in [4.78, 5) is 14.8. The van der Waals surface area contributed by atoms with Crippen LogP contribution in [-0.4, -0.2) is 50.3 Å². The van der Waals surface area contributed by atoms with E-state index < -0.39 is 0 Å². The number of nitrogens with zero attached hydrogens (tertiary/aromatic N) is 1. The van der Waals surface area contributed by atoms with E-state index in [4.69, 9.17) is 21.1 Å². The Kier molecular flexibility index (Phi) is 7.10. The van der Waals surface area contributed by atoms with E-state index in [0.717, 1.165) is 38.4 Å². The molecule has 1 saturated heterocycles. The van der Waals surface area contributed by atoms with Gasteiger partial charge in [-0.15, -0.1) is 0 Å². The van der Waals surface area contributed by atoms with E-state index >= 15 is 0 Å². The largest absolute Gasteiger partial charge is 0.484 e. The average molecular weight is 389 g/mol. The van der Waals surface area contributed by atoms with Crippen LogP contribution in [0.3, 0.4) is 0 Å². The van der Waals surface area contributed by atoms with Crippen LogP contribution in [0.2, 0.25) is 5.02 Å². The minimum Gasteiger partial charge on any atom is -0.484 e. The predicted molar refractivity (Wildman–Crippen MR) is 106 cm³/mol. The summed E-state index contributed by atoms with van der Waals surface area (Å²) in [5.41, 5.74) is 2.29. The van der Waals surface area contributed by atoms with E-state index in [0.29, 0.717) is 10.8 Å². The number of hydrogen-bond donors (Lipinski definition) is 1. The SMILES string of the molecule is Cc1ccc([C@@H](CN2CCOCC2)NC(=O)COc2ccc(Cl)cc2)cc1. The molecule has 1 aliphatic rings. The van der Waals surface area contributed by atoms with Crippen molar-refractivity contribution in [1.29, 1.82) is 0 Å². The Morgan fingerprint density at radius 2 is 1.81 bits per heavy atom. The lowest BCUT2D eigenvalue weighted by molar-refractivity contribution is -0.124. The van der Waals surface area contributed by atoms with Gasteiger partial charge in [-0.3, -0.25) is 9.69 Å². The Morgan fingerprint density at radius 1 is 1.15 bits per heavy atom. The summed E-state index contributed by atoms with van der Waals surface area (Å²) in [6.07, 6.45) is 0. The monoisotopic (exact) mass is 388 g/mol. The third-order valence-corrected chi connectivity index (χ3v) is 4.79. The molecule has 0 saturated carbocycles. The summed E-state index contributed by atoms with van der Waals surface area (Å²) >= 11 is 5.87. The first-order chi connectivity index (χ1) is 13.1. The summed E-state index contributed by atoms with van der Waals surface area (Å²) in [7, 11) is 0. The molecule has 1 atom stereocenters. The molecule has 1 N–H and O–H groups in total. The number of ether oxygens (including phenoxy) is 2. The molecule has 2 aromatic rings. The normalized spacial score (nSPS) is 15.9. The molecule has 0 spiro atoms. The van der Waals surface area contributed by atoms with Gasteiger partial charge in [-0.1, -0.05) is 41.4 Å². The van der Waals surface area contributed by atoms with E-state index in [9.17, 15) is 4.79 Å². The number of carbonyl (C=O) groups is 1. The van der Waals surface area contributed by atoms with Crippen molar-refractivity contribution in [3.8, 4) is 5.75 Å². The summed E-state index contributed by atoms with van der Waals surface area (Å²) in [5.74, 6) is 0.471. The van der Waals surface area contributed by atoms with Crippen LogP contribution in [0.15, 0.2) is 48.5 Å². The number of hydrogen-bond acceptors (Lipinski definition) is 4. The first kappa shape index (κ1) is 19.7. The van der Waals surface area contributed by atoms with E-state index in [2.05, 4.69) is 41.4 Å². The van der Waals surface area contributed by atoms with Crippen LogP contribution >= 0.6 is 11.6 Å². The van der Waals surface area contributed by atoms with Crippen molar-refractivity contribution in [2.24, 2.45) is 0 Å².